The molecule has 29 heavy (non-hydrogen) atoms. The summed E-state index contributed by atoms with van der Waals surface area (Å²) in [6.45, 7) is 3.00. The van der Waals surface area contributed by atoms with Crippen LogP contribution in [0.1, 0.15) is 61.4 Å². The smallest absolute Gasteiger partial charge is 0.343 e. The van der Waals surface area contributed by atoms with E-state index in [0.29, 0.717) is 17.9 Å². The van der Waals surface area contributed by atoms with Crippen molar-refractivity contribution in [1.82, 2.24) is 0 Å². The SMILES string of the molecule is C[C@H]1CC[C@H](CCCOc2ccc(C(=O)Oc3ccc(C#N)c(F)c3)cc2)CC1. The average Bonchev–Trinajstić information content (AvgIpc) is 2.73. The van der Waals surface area contributed by atoms with Gasteiger partial charge in [-0.05, 0) is 61.1 Å². The first-order valence-electron chi connectivity index (χ1n) is 10.2. The third-order valence-electron chi connectivity index (χ3n) is 5.52. The second-order valence-corrected chi connectivity index (χ2v) is 7.78. The zero-order valence-electron chi connectivity index (χ0n) is 16.7. The maximum absolute atomic E-state index is 13.6. The van der Waals surface area contributed by atoms with E-state index in [9.17, 15) is 9.18 Å². The molecule has 4 nitrogen and oxygen atoms in total. The summed E-state index contributed by atoms with van der Waals surface area (Å²) in [5.41, 5.74) is 0.253. The van der Waals surface area contributed by atoms with Gasteiger partial charge in [-0.2, -0.15) is 5.26 Å². The van der Waals surface area contributed by atoms with Gasteiger partial charge in [-0.25, -0.2) is 9.18 Å². The minimum atomic E-state index is -0.718. The Kier molecular flexibility index (Phi) is 7.24. The Labute approximate surface area is 171 Å². The lowest BCUT2D eigenvalue weighted by Crippen LogP contribution is -2.13. The number of benzene rings is 2. The molecule has 1 fully saturated rings. The summed E-state index contributed by atoms with van der Waals surface area (Å²) in [6.07, 6.45) is 7.60. The third kappa shape index (κ3) is 6.05. The topological polar surface area (TPSA) is 59.3 Å². The fourth-order valence-corrected chi connectivity index (χ4v) is 3.68. The Morgan fingerprint density at radius 1 is 1.10 bits per heavy atom. The summed E-state index contributed by atoms with van der Waals surface area (Å²) < 4.78 is 24.6. The van der Waals surface area contributed by atoms with Crippen LogP contribution in [0.25, 0.3) is 0 Å². The first-order chi connectivity index (χ1) is 14.0. The molecule has 1 aliphatic carbocycles. The second-order valence-electron chi connectivity index (χ2n) is 7.78. The van der Waals surface area contributed by atoms with Gasteiger partial charge in [0.25, 0.3) is 0 Å². The number of halogens is 1. The fraction of sp³-hybridized carbons (Fsp3) is 0.417. The molecule has 1 saturated carbocycles. The van der Waals surface area contributed by atoms with Crippen LogP contribution in [0.4, 0.5) is 4.39 Å². The van der Waals surface area contributed by atoms with E-state index in [1.165, 1.54) is 44.2 Å². The molecule has 0 unspecified atom stereocenters. The molecule has 2 aromatic rings. The van der Waals surface area contributed by atoms with E-state index in [2.05, 4.69) is 6.92 Å². The molecule has 0 atom stereocenters. The van der Waals surface area contributed by atoms with Gasteiger partial charge in [-0.3, -0.25) is 0 Å². The number of hydrogen-bond acceptors (Lipinski definition) is 4. The first kappa shape index (κ1) is 20.9. The van der Waals surface area contributed by atoms with Crippen LogP contribution >= 0.6 is 0 Å². The van der Waals surface area contributed by atoms with Crippen molar-refractivity contribution in [1.29, 1.82) is 5.26 Å². The van der Waals surface area contributed by atoms with Gasteiger partial charge in [0.05, 0.1) is 17.7 Å². The summed E-state index contributed by atoms with van der Waals surface area (Å²) in [5, 5.41) is 8.74. The molecule has 5 heteroatoms. The number of hydrogen-bond donors (Lipinski definition) is 0. The van der Waals surface area contributed by atoms with Gasteiger partial charge in [0.1, 0.15) is 23.4 Å². The van der Waals surface area contributed by atoms with Gasteiger partial charge in [0.15, 0.2) is 0 Å². The minimum absolute atomic E-state index is 0.0592. The fourth-order valence-electron chi connectivity index (χ4n) is 3.68. The summed E-state index contributed by atoms with van der Waals surface area (Å²) in [7, 11) is 0. The molecule has 0 aliphatic heterocycles. The summed E-state index contributed by atoms with van der Waals surface area (Å²) in [4.78, 5) is 12.2. The molecule has 3 rings (SSSR count). The van der Waals surface area contributed by atoms with Crippen LogP contribution in [0.5, 0.6) is 11.5 Å². The minimum Gasteiger partial charge on any atom is -0.494 e. The van der Waals surface area contributed by atoms with Gasteiger partial charge in [0.2, 0.25) is 0 Å². The van der Waals surface area contributed by atoms with Crippen LogP contribution in [0.3, 0.4) is 0 Å². The maximum atomic E-state index is 13.6. The van der Waals surface area contributed by atoms with E-state index in [1.807, 2.05) is 0 Å². The molecular formula is C24H26FNO3. The molecule has 152 valence electrons. The molecule has 2 aromatic carbocycles. The van der Waals surface area contributed by atoms with Gasteiger partial charge < -0.3 is 9.47 Å². The zero-order valence-corrected chi connectivity index (χ0v) is 16.7. The standard InChI is InChI=1S/C24H26FNO3/c1-17-4-6-18(7-5-17)3-2-14-28-21-11-8-19(9-12-21)24(27)29-22-13-10-20(16-26)23(25)15-22/h8-13,15,17-18H,2-7,14H2,1H3/t17-,18-. The van der Waals surface area contributed by atoms with Gasteiger partial charge in [-0.15, -0.1) is 0 Å². The highest BCUT2D eigenvalue weighted by Gasteiger charge is 2.17. The third-order valence-corrected chi connectivity index (χ3v) is 5.52. The zero-order chi connectivity index (χ0) is 20.6. The predicted molar refractivity (Wildman–Crippen MR) is 108 cm³/mol. The van der Waals surface area contributed by atoms with Crippen molar-refractivity contribution >= 4 is 5.97 Å². The highest BCUT2D eigenvalue weighted by molar-refractivity contribution is 5.91. The van der Waals surface area contributed by atoms with E-state index >= 15 is 0 Å². The van der Waals surface area contributed by atoms with E-state index in [1.54, 1.807) is 30.3 Å². The van der Waals surface area contributed by atoms with E-state index in [4.69, 9.17) is 14.7 Å². The molecule has 0 bridgehead atoms. The number of ether oxygens (including phenoxy) is 2. The van der Waals surface area contributed by atoms with E-state index < -0.39 is 11.8 Å². The Balaban J connectivity index is 1.44. The monoisotopic (exact) mass is 395 g/mol. The largest absolute Gasteiger partial charge is 0.494 e. The number of carbonyl (C=O) groups excluding carboxylic acids is 1. The lowest BCUT2D eigenvalue weighted by Gasteiger charge is -2.25. The number of nitriles is 1. The van der Waals surface area contributed by atoms with Crippen LogP contribution in [0.15, 0.2) is 42.5 Å². The Morgan fingerprint density at radius 3 is 2.45 bits per heavy atom. The van der Waals surface area contributed by atoms with E-state index in [0.717, 1.165) is 24.3 Å². The van der Waals surface area contributed by atoms with Gasteiger partial charge >= 0.3 is 5.97 Å². The first-order valence-corrected chi connectivity index (χ1v) is 10.2. The summed E-state index contributed by atoms with van der Waals surface area (Å²) in [6, 6.07) is 12.1. The van der Waals surface area contributed by atoms with Crippen molar-refractivity contribution in [2.45, 2.75) is 45.4 Å². The second kappa shape index (κ2) is 10.1. The number of rotatable bonds is 7. The van der Waals surface area contributed by atoms with Gasteiger partial charge in [0, 0.05) is 6.07 Å². The lowest BCUT2D eigenvalue weighted by molar-refractivity contribution is 0.0734. The van der Waals surface area contributed by atoms with Crippen LogP contribution in [-0.2, 0) is 0 Å². The Hall–Kier alpha value is -2.87. The van der Waals surface area contributed by atoms with Crippen molar-refractivity contribution in [3.05, 3.63) is 59.4 Å². The van der Waals surface area contributed by atoms with Crippen molar-refractivity contribution < 1.29 is 18.7 Å². The van der Waals surface area contributed by atoms with Crippen LogP contribution in [-0.4, -0.2) is 12.6 Å². The maximum Gasteiger partial charge on any atom is 0.343 e. The molecule has 0 N–H and O–H groups in total. The van der Waals surface area contributed by atoms with Crippen LogP contribution in [0.2, 0.25) is 0 Å². The molecule has 1 aliphatic rings. The van der Waals surface area contributed by atoms with Crippen molar-refractivity contribution in [2.75, 3.05) is 6.61 Å². The van der Waals surface area contributed by atoms with Crippen LogP contribution in [0, 0.1) is 29.0 Å². The lowest BCUT2D eigenvalue weighted by atomic mass is 9.81. The number of esters is 1. The molecule has 0 amide bonds. The van der Waals surface area contributed by atoms with Crippen molar-refractivity contribution in [3.8, 4) is 17.6 Å². The molecule has 0 heterocycles. The molecular weight excluding hydrogens is 369 g/mol. The summed E-state index contributed by atoms with van der Waals surface area (Å²) >= 11 is 0. The molecule has 0 spiro atoms. The highest BCUT2D eigenvalue weighted by atomic mass is 19.1. The van der Waals surface area contributed by atoms with Crippen molar-refractivity contribution in [2.24, 2.45) is 11.8 Å². The molecule has 0 aromatic heterocycles. The van der Waals surface area contributed by atoms with Crippen LogP contribution < -0.4 is 9.47 Å². The Morgan fingerprint density at radius 2 is 1.79 bits per heavy atom. The number of nitrogens with zero attached hydrogens (tertiary/aromatic N) is 1. The Bertz CT molecular complexity index is 865. The normalized spacial score (nSPS) is 18.7. The van der Waals surface area contributed by atoms with Gasteiger partial charge in [-0.1, -0.05) is 32.6 Å². The number of carbonyl (C=O) groups is 1. The molecule has 0 radical (unpaired) electrons. The predicted octanol–water partition coefficient (Wildman–Crippen LogP) is 5.90. The molecule has 0 saturated heterocycles. The summed E-state index contributed by atoms with van der Waals surface area (Å²) in [5.74, 6) is 1.17. The van der Waals surface area contributed by atoms with E-state index in [-0.39, 0.29) is 11.3 Å². The highest BCUT2D eigenvalue weighted by Crippen LogP contribution is 2.31. The quantitative estimate of drug-likeness (QED) is 0.333. The van der Waals surface area contributed by atoms with Crippen molar-refractivity contribution in [3.63, 3.8) is 0 Å². The average molecular weight is 395 g/mol.